The molecule has 2 saturated heterocycles. The summed E-state index contributed by atoms with van der Waals surface area (Å²) in [5, 5.41) is 26.0. The summed E-state index contributed by atoms with van der Waals surface area (Å²) < 4.78 is 5.53. The van der Waals surface area contributed by atoms with Crippen LogP contribution in [0.5, 0.6) is 0 Å². The van der Waals surface area contributed by atoms with Crippen molar-refractivity contribution in [1.82, 2.24) is 15.5 Å². The van der Waals surface area contributed by atoms with Crippen LogP contribution in [0.2, 0.25) is 0 Å². The molecule has 0 aromatic rings. The number of aliphatic hydroxyl groups is 2. The predicted octanol–water partition coefficient (Wildman–Crippen LogP) is 2.33. The number of nitrogens with zero attached hydrogens (tertiary/aromatic N) is 2. The van der Waals surface area contributed by atoms with Crippen LogP contribution in [0.1, 0.15) is 70.6 Å². The van der Waals surface area contributed by atoms with Crippen molar-refractivity contribution >= 4 is 5.71 Å². The van der Waals surface area contributed by atoms with Crippen LogP contribution in [0.4, 0.5) is 0 Å². The van der Waals surface area contributed by atoms with Gasteiger partial charge in [0, 0.05) is 31.8 Å². The number of hydrogen-bond donors (Lipinski definition) is 4. The maximum atomic E-state index is 9.34. The van der Waals surface area contributed by atoms with E-state index < -0.39 is 6.29 Å². The van der Waals surface area contributed by atoms with Crippen LogP contribution in [0, 0.1) is 23.7 Å². The predicted molar refractivity (Wildman–Crippen MR) is 127 cm³/mol. The first-order chi connectivity index (χ1) is 15.6. The van der Waals surface area contributed by atoms with Crippen LogP contribution in [0.25, 0.3) is 0 Å². The number of rotatable bonds is 7. The lowest BCUT2D eigenvalue weighted by Crippen LogP contribution is -2.54. The fourth-order valence-corrected chi connectivity index (χ4v) is 6.34. The normalized spacial score (nSPS) is 35.9. The van der Waals surface area contributed by atoms with Gasteiger partial charge in [-0.3, -0.25) is 15.6 Å². The number of nitrogens with one attached hydrogen (secondary N) is 2. The highest BCUT2D eigenvalue weighted by molar-refractivity contribution is 5.85. The second kappa shape index (κ2) is 12.2. The Morgan fingerprint density at radius 1 is 0.938 bits per heavy atom. The van der Waals surface area contributed by atoms with Crippen molar-refractivity contribution in [2.45, 2.75) is 89.3 Å². The second-order valence-corrected chi connectivity index (χ2v) is 10.8. The lowest BCUT2D eigenvalue weighted by molar-refractivity contribution is -0.0982. The number of piperidine rings is 1. The first kappa shape index (κ1) is 24.6. The van der Waals surface area contributed by atoms with Gasteiger partial charge in [0.05, 0.1) is 6.10 Å². The zero-order valence-corrected chi connectivity index (χ0v) is 20.1. The third-order valence-corrected chi connectivity index (χ3v) is 8.77. The quantitative estimate of drug-likeness (QED) is 0.445. The Hall–Kier alpha value is -0.570. The molecule has 2 aliphatic heterocycles. The molecule has 0 unspecified atom stereocenters. The number of aliphatic hydroxyl groups excluding tert-OH is 1. The van der Waals surface area contributed by atoms with Crippen LogP contribution in [0.3, 0.4) is 0 Å². The second-order valence-electron chi connectivity index (χ2n) is 10.8. The zero-order chi connectivity index (χ0) is 22.3. The first-order valence-corrected chi connectivity index (χ1v) is 13.2. The fraction of sp³-hybridized carbons (Fsp3) is 0.960. The summed E-state index contributed by atoms with van der Waals surface area (Å²) in [7, 11) is 1.85. The highest BCUT2D eigenvalue weighted by Crippen LogP contribution is 2.32. The van der Waals surface area contributed by atoms with Crippen molar-refractivity contribution in [3.8, 4) is 0 Å². The molecule has 4 fully saturated rings. The van der Waals surface area contributed by atoms with Crippen molar-refractivity contribution in [2.75, 3.05) is 39.8 Å². The summed E-state index contributed by atoms with van der Waals surface area (Å²) >= 11 is 0. The van der Waals surface area contributed by atoms with Gasteiger partial charge in [0.2, 0.25) is 0 Å². The summed E-state index contributed by atoms with van der Waals surface area (Å²) in [5.41, 5.74) is 1.39. The molecule has 2 aliphatic carbocycles. The summed E-state index contributed by atoms with van der Waals surface area (Å²) in [5.74, 6) is 2.44. The highest BCUT2D eigenvalue weighted by Gasteiger charge is 2.31. The number of likely N-dealkylation sites (tertiary alicyclic amines) is 1. The molecular formula is C25H46N4O3. The molecule has 7 nitrogen and oxygen atoms in total. The molecule has 7 heteroatoms. The largest absolute Gasteiger partial charge is 0.381 e. The molecule has 32 heavy (non-hydrogen) atoms. The van der Waals surface area contributed by atoms with E-state index in [0.29, 0.717) is 6.10 Å². The topological polar surface area (TPSA) is 89.4 Å². The summed E-state index contributed by atoms with van der Waals surface area (Å²) in [4.78, 5) is 7.54. The molecule has 4 rings (SSSR count). The van der Waals surface area contributed by atoms with Gasteiger partial charge in [0.1, 0.15) is 0 Å². The molecule has 0 atom stereocenters. The summed E-state index contributed by atoms with van der Waals surface area (Å²) in [6.07, 6.45) is 12.4. The van der Waals surface area contributed by atoms with Crippen LogP contribution < -0.4 is 10.6 Å². The molecule has 184 valence electrons. The summed E-state index contributed by atoms with van der Waals surface area (Å²) in [6.45, 7) is 5.35. The van der Waals surface area contributed by atoms with E-state index >= 15 is 0 Å². The number of hydrogen-bond acceptors (Lipinski definition) is 7. The van der Waals surface area contributed by atoms with Gasteiger partial charge in [-0.1, -0.05) is 0 Å². The van der Waals surface area contributed by atoms with E-state index in [0.717, 1.165) is 76.2 Å². The van der Waals surface area contributed by atoms with Crippen molar-refractivity contribution in [2.24, 2.45) is 28.7 Å². The van der Waals surface area contributed by atoms with E-state index in [1.165, 1.54) is 50.7 Å². The van der Waals surface area contributed by atoms with Crippen molar-refractivity contribution < 1.29 is 14.9 Å². The van der Waals surface area contributed by atoms with Gasteiger partial charge in [-0.15, -0.1) is 0 Å². The van der Waals surface area contributed by atoms with Crippen LogP contribution in [-0.2, 0) is 4.74 Å². The molecule has 0 bridgehead atoms. The average molecular weight is 451 g/mol. The van der Waals surface area contributed by atoms with E-state index in [4.69, 9.17) is 9.73 Å². The van der Waals surface area contributed by atoms with E-state index in [1.54, 1.807) is 0 Å². The molecule has 4 N–H and O–H groups in total. The summed E-state index contributed by atoms with van der Waals surface area (Å²) in [6, 6.07) is 0. The molecule has 2 saturated carbocycles. The smallest absolute Gasteiger partial charge is 0.154 e. The first-order valence-electron chi connectivity index (χ1n) is 13.2. The molecule has 0 aromatic carbocycles. The van der Waals surface area contributed by atoms with Crippen molar-refractivity contribution in [3.63, 3.8) is 0 Å². The van der Waals surface area contributed by atoms with Crippen molar-refractivity contribution in [1.29, 1.82) is 0 Å². The minimum atomic E-state index is -1.14. The van der Waals surface area contributed by atoms with E-state index in [9.17, 15) is 10.2 Å². The lowest BCUT2D eigenvalue weighted by Gasteiger charge is -2.38. The van der Waals surface area contributed by atoms with Gasteiger partial charge >= 0.3 is 0 Å². The lowest BCUT2D eigenvalue weighted by atomic mass is 9.78. The fourth-order valence-electron chi connectivity index (χ4n) is 6.34. The monoisotopic (exact) mass is 450 g/mol. The van der Waals surface area contributed by atoms with Gasteiger partial charge in [-0.25, -0.2) is 0 Å². The maximum Gasteiger partial charge on any atom is 0.154 e. The Bertz CT molecular complexity index is 568. The SMILES string of the molecule is COC1CCC(C2CNC(N=C3CCC(CCN4CCC(C(O)O)CC4)CC3)NC2)CC1. The van der Waals surface area contributed by atoms with Crippen molar-refractivity contribution in [3.05, 3.63) is 0 Å². The Morgan fingerprint density at radius 3 is 2.19 bits per heavy atom. The molecule has 0 aromatic heterocycles. The zero-order valence-electron chi connectivity index (χ0n) is 20.1. The Labute approximate surface area is 194 Å². The third kappa shape index (κ3) is 6.97. The van der Waals surface area contributed by atoms with Gasteiger partial charge in [0.15, 0.2) is 12.6 Å². The van der Waals surface area contributed by atoms with Gasteiger partial charge < -0.3 is 19.8 Å². The molecule has 0 spiro atoms. The van der Waals surface area contributed by atoms with E-state index in [2.05, 4.69) is 15.5 Å². The van der Waals surface area contributed by atoms with E-state index in [1.807, 2.05) is 7.11 Å². The van der Waals surface area contributed by atoms with Gasteiger partial charge in [-0.2, -0.15) is 0 Å². The van der Waals surface area contributed by atoms with Crippen LogP contribution in [0.15, 0.2) is 4.99 Å². The third-order valence-electron chi connectivity index (χ3n) is 8.77. The highest BCUT2D eigenvalue weighted by atomic mass is 16.5. The minimum Gasteiger partial charge on any atom is -0.381 e. The molecule has 0 radical (unpaired) electrons. The van der Waals surface area contributed by atoms with E-state index in [-0.39, 0.29) is 12.2 Å². The Kier molecular flexibility index (Phi) is 9.38. The molecule has 0 amide bonds. The number of aliphatic imine (C=N–C) groups is 1. The Balaban J connectivity index is 1.10. The molecule has 2 heterocycles. The Morgan fingerprint density at radius 2 is 1.59 bits per heavy atom. The van der Waals surface area contributed by atoms with Gasteiger partial charge in [-0.05, 0) is 108 Å². The minimum absolute atomic E-state index is 0.0719. The number of ether oxygens (including phenoxy) is 1. The number of methoxy groups -OCH3 is 1. The maximum absolute atomic E-state index is 9.34. The van der Waals surface area contributed by atoms with Gasteiger partial charge in [0.25, 0.3) is 0 Å². The molecular weight excluding hydrogens is 404 g/mol. The molecule has 4 aliphatic rings. The standard InChI is InChI=1S/C25H46N4O3/c1-32-23-8-4-19(5-9-23)21-16-26-25(27-17-21)28-22-6-2-18(3-7-22)10-13-29-14-11-20(12-15-29)24(30)31/h18-21,23-27,30-31H,2-17H2,1H3. The van der Waals surface area contributed by atoms with Crippen LogP contribution in [-0.4, -0.2) is 79.3 Å². The van der Waals surface area contributed by atoms with Crippen LogP contribution >= 0.6 is 0 Å². The average Bonchev–Trinajstić information content (AvgIpc) is 2.84.